The third kappa shape index (κ3) is 5.01. The number of fused-ring (bicyclic) bond motifs is 1. The van der Waals surface area contributed by atoms with Gasteiger partial charge in [-0.25, -0.2) is 9.78 Å². The second kappa shape index (κ2) is 9.14. The molecular weight excluding hydrogens is 473 g/mol. The summed E-state index contributed by atoms with van der Waals surface area (Å²) in [6, 6.07) is 14.0. The van der Waals surface area contributed by atoms with Crippen LogP contribution in [0.3, 0.4) is 0 Å². The number of amides is 1. The maximum atomic E-state index is 12.9. The van der Waals surface area contributed by atoms with Crippen molar-refractivity contribution in [2.24, 2.45) is 0 Å². The Kier molecular flexibility index (Phi) is 6.25. The van der Waals surface area contributed by atoms with E-state index in [1.807, 2.05) is 30.3 Å². The number of carbonyl (C=O) groups is 2. The lowest BCUT2D eigenvalue weighted by molar-refractivity contribution is -0.142. The van der Waals surface area contributed by atoms with E-state index in [0.717, 1.165) is 23.8 Å². The number of alkyl halides is 3. The molecule has 0 bridgehead atoms. The van der Waals surface area contributed by atoms with E-state index in [-0.39, 0.29) is 17.1 Å². The lowest BCUT2D eigenvalue weighted by Gasteiger charge is -2.12. The highest BCUT2D eigenvalue weighted by Crippen LogP contribution is 2.30. The standard InChI is InChI=1S/C23H16ClF3N4O3/c24-15-11-17-14(12-31(30-17)19(22(33)34)9-13-5-2-1-3-6-13)10-18(15)29-21(32)16-7-4-8-20(28-16)23(25,26)27/h1-8,10-12,19H,9H2,(H,29,32)(H,33,34). The SMILES string of the molecule is O=C(Nc1cc2cn(C(Cc3ccccc3)C(=O)O)nc2cc1Cl)c1cccc(C(F)(F)F)n1. The molecular formula is C23H16ClF3N4O3. The molecule has 0 saturated heterocycles. The van der Waals surface area contributed by atoms with Crippen molar-refractivity contribution in [2.45, 2.75) is 18.6 Å². The molecule has 0 saturated carbocycles. The fraction of sp³-hybridized carbons (Fsp3) is 0.130. The number of anilines is 1. The molecule has 7 nitrogen and oxygen atoms in total. The Bertz CT molecular complexity index is 1370. The number of carbonyl (C=O) groups excluding carboxylic acids is 1. The highest BCUT2D eigenvalue weighted by atomic mass is 35.5. The van der Waals surface area contributed by atoms with Crippen LogP contribution in [-0.4, -0.2) is 31.7 Å². The summed E-state index contributed by atoms with van der Waals surface area (Å²) in [4.78, 5) is 27.7. The molecule has 2 heterocycles. The predicted molar refractivity (Wildman–Crippen MR) is 119 cm³/mol. The molecule has 0 fully saturated rings. The number of carboxylic acid groups (broad SMARTS) is 1. The summed E-state index contributed by atoms with van der Waals surface area (Å²) in [6.45, 7) is 0. The van der Waals surface area contributed by atoms with Gasteiger partial charge >= 0.3 is 12.1 Å². The Hall–Kier alpha value is -3.92. The third-order valence-corrected chi connectivity index (χ3v) is 5.32. The van der Waals surface area contributed by atoms with Crippen molar-refractivity contribution in [1.82, 2.24) is 14.8 Å². The molecule has 2 aromatic carbocycles. The van der Waals surface area contributed by atoms with Gasteiger partial charge in [-0.15, -0.1) is 0 Å². The molecule has 0 aliphatic heterocycles. The number of aromatic nitrogens is 3. The fourth-order valence-corrected chi connectivity index (χ4v) is 3.56. The van der Waals surface area contributed by atoms with Gasteiger partial charge in [0.2, 0.25) is 0 Å². The van der Waals surface area contributed by atoms with Crippen molar-refractivity contribution >= 4 is 40.1 Å². The molecule has 174 valence electrons. The average Bonchev–Trinajstić information content (AvgIpc) is 3.19. The van der Waals surface area contributed by atoms with Gasteiger partial charge in [0, 0.05) is 18.0 Å². The minimum Gasteiger partial charge on any atom is -0.480 e. The predicted octanol–water partition coefficient (Wildman–Crippen LogP) is 5.22. The summed E-state index contributed by atoms with van der Waals surface area (Å²) in [5, 5.41) is 17.0. The zero-order valence-electron chi connectivity index (χ0n) is 17.3. The summed E-state index contributed by atoms with van der Waals surface area (Å²) >= 11 is 6.24. The van der Waals surface area contributed by atoms with E-state index in [1.54, 1.807) is 0 Å². The van der Waals surface area contributed by atoms with Crippen LogP contribution >= 0.6 is 11.6 Å². The lowest BCUT2D eigenvalue weighted by atomic mass is 10.1. The van der Waals surface area contributed by atoms with E-state index < -0.39 is 35.5 Å². The van der Waals surface area contributed by atoms with Gasteiger partial charge in [-0.1, -0.05) is 48.0 Å². The van der Waals surface area contributed by atoms with Crippen LogP contribution in [0.4, 0.5) is 18.9 Å². The van der Waals surface area contributed by atoms with Crippen molar-refractivity contribution in [3.8, 4) is 0 Å². The second-order valence-corrected chi connectivity index (χ2v) is 7.81. The van der Waals surface area contributed by atoms with Crippen LogP contribution in [0, 0.1) is 0 Å². The van der Waals surface area contributed by atoms with Gasteiger partial charge in [-0.3, -0.25) is 9.48 Å². The van der Waals surface area contributed by atoms with Gasteiger partial charge in [-0.05, 0) is 29.8 Å². The number of aliphatic carboxylic acids is 1. The van der Waals surface area contributed by atoms with E-state index in [2.05, 4.69) is 15.4 Å². The van der Waals surface area contributed by atoms with E-state index in [1.165, 1.54) is 23.0 Å². The second-order valence-electron chi connectivity index (χ2n) is 7.40. The molecule has 0 radical (unpaired) electrons. The van der Waals surface area contributed by atoms with Crippen LogP contribution in [0.5, 0.6) is 0 Å². The number of pyridine rings is 1. The van der Waals surface area contributed by atoms with Crippen molar-refractivity contribution < 1.29 is 27.9 Å². The fourth-order valence-electron chi connectivity index (χ4n) is 3.36. The van der Waals surface area contributed by atoms with E-state index >= 15 is 0 Å². The Morgan fingerprint density at radius 1 is 1.09 bits per heavy atom. The highest BCUT2D eigenvalue weighted by Gasteiger charge is 2.33. The molecule has 0 aliphatic rings. The van der Waals surface area contributed by atoms with E-state index in [4.69, 9.17) is 11.6 Å². The first-order chi connectivity index (χ1) is 16.1. The molecule has 1 amide bonds. The van der Waals surface area contributed by atoms with Crippen LogP contribution < -0.4 is 5.32 Å². The maximum Gasteiger partial charge on any atom is 0.433 e. The van der Waals surface area contributed by atoms with Gasteiger partial charge in [0.1, 0.15) is 11.4 Å². The molecule has 0 aliphatic carbocycles. The molecule has 2 N–H and O–H groups in total. The first-order valence-electron chi connectivity index (χ1n) is 9.92. The molecule has 1 unspecified atom stereocenters. The third-order valence-electron chi connectivity index (χ3n) is 5.01. The van der Waals surface area contributed by atoms with Crippen LogP contribution in [-0.2, 0) is 17.4 Å². The summed E-state index contributed by atoms with van der Waals surface area (Å²) in [6.07, 6.45) is -2.99. The summed E-state index contributed by atoms with van der Waals surface area (Å²) in [5.74, 6) is -1.96. The first-order valence-corrected chi connectivity index (χ1v) is 10.3. The van der Waals surface area contributed by atoms with Gasteiger partial charge in [0.15, 0.2) is 6.04 Å². The van der Waals surface area contributed by atoms with Crippen LogP contribution in [0.1, 0.15) is 27.8 Å². The van der Waals surface area contributed by atoms with Crippen molar-refractivity contribution in [2.75, 3.05) is 5.32 Å². The lowest BCUT2D eigenvalue weighted by Crippen LogP contribution is -2.21. The molecule has 4 rings (SSSR count). The van der Waals surface area contributed by atoms with Gasteiger partial charge < -0.3 is 10.4 Å². The summed E-state index contributed by atoms with van der Waals surface area (Å²) < 4.78 is 40.0. The molecule has 34 heavy (non-hydrogen) atoms. The summed E-state index contributed by atoms with van der Waals surface area (Å²) in [7, 11) is 0. The Morgan fingerprint density at radius 2 is 1.82 bits per heavy atom. The Morgan fingerprint density at radius 3 is 2.50 bits per heavy atom. The highest BCUT2D eigenvalue weighted by molar-refractivity contribution is 6.34. The zero-order chi connectivity index (χ0) is 24.5. The van der Waals surface area contributed by atoms with Gasteiger partial charge in [0.05, 0.1) is 16.2 Å². The summed E-state index contributed by atoms with van der Waals surface area (Å²) in [5.41, 5.74) is -0.307. The molecule has 11 heteroatoms. The smallest absolute Gasteiger partial charge is 0.433 e. The number of benzene rings is 2. The first kappa shape index (κ1) is 23.2. The van der Waals surface area contributed by atoms with Crippen LogP contribution in [0.25, 0.3) is 10.9 Å². The molecule has 0 spiro atoms. The number of nitrogens with one attached hydrogen (secondary N) is 1. The topological polar surface area (TPSA) is 97.1 Å². The van der Waals surface area contributed by atoms with Crippen molar-refractivity contribution in [3.05, 3.63) is 88.8 Å². The number of hydrogen-bond acceptors (Lipinski definition) is 4. The Balaban J connectivity index is 1.61. The van der Waals surface area contributed by atoms with E-state index in [0.29, 0.717) is 10.9 Å². The maximum absolute atomic E-state index is 12.9. The van der Waals surface area contributed by atoms with Crippen LogP contribution in [0.2, 0.25) is 5.02 Å². The van der Waals surface area contributed by atoms with Crippen molar-refractivity contribution in [1.29, 1.82) is 0 Å². The zero-order valence-corrected chi connectivity index (χ0v) is 18.0. The number of halogens is 4. The van der Waals surface area contributed by atoms with Gasteiger partial charge in [0.25, 0.3) is 5.91 Å². The minimum absolute atomic E-state index is 0.0769. The van der Waals surface area contributed by atoms with Crippen molar-refractivity contribution in [3.63, 3.8) is 0 Å². The molecule has 2 aromatic heterocycles. The quantitative estimate of drug-likeness (QED) is 0.387. The Labute approximate surface area is 195 Å². The average molecular weight is 489 g/mol. The number of nitrogens with zero attached hydrogens (tertiary/aromatic N) is 3. The largest absolute Gasteiger partial charge is 0.480 e. The molecule has 4 aromatic rings. The van der Waals surface area contributed by atoms with Gasteiger partial charge in [-0.2, -0.15) is 18.3 Å². The number of rotatable bonds is 6. The monoisotopic (exact) mass is 488 g/mol. The number of carboxylic acids is 1. The normalized spacial score (nSPS) is 12.5. The van der Waals surface area contributed by atoms with E-state index in [9.17, 15) is 27.9 Å². The van der Waals surface area contributed by atoms with Crippen LogP contribution in [0.15, 0.2) is 66.9 Å². The number of hydrogen-bond donors (Lipinski definition) is 2. The molecule has 1 atom stereocenters. The minimum atomic E-state index is -4.69.